The molecule has 0 aliphatic heterocycles. The molecule has 0 bridgehead atoms. The van der Waals surface area contributed by atoms with Gasteiger partial charge in [0.1, 0.15) is 5.75 Å². The molecule has 2 atom stereocenters. The summed E-state index contributed by atoms with van der Waals surface area (Å²) in [7, 11) is 0. The van der Waals surface area contributed by atoms with E-state index in [-0.39, 0.29) is 18.1 Å². The summed E-state index contributed by atoms with van der Waals surface area (Å²) in [6, 6.07) is 16.8. The topological polar surface area (TPSA) is 83.8 Å². The minimum atomic E-state index is -0.873. The van der Waals surface area contributed by atoms with Gasteiger partial charge in [-0.25, -0.2) is 4.79 Å². The summed E-state index contributed by atoms with van der Waals surface area (Å²) in [5, 5.41) is 18.5. The third-order valence-electron chi connectivity index (χ3n) is 4.31. The van der Waals surface area contributed by atoms with E-state index in [0.717, 1.165) is 19.3 Å². The van der Waals surface area contributed by atoms with Crippen molar-refractivity contribution in [2.45, 2.75) is 52.2 Å². The summed E-state index contributed by atoms with van der Waals surface area (Å²) in [4.78, 5) is 23.2. The Kier molecular flexibility index (Phi) is 10.8. The number of ether oxygens (including phenoxy) is 1. The molecule has 28 heavy (non-hydrogen) atoms. The highest BCUT2D eigenvalue weighted by molar-refractivity contribution is 6.41. The molecular weight excluding hydrogens is 356 g/mol. The summed E-state index contributed by atoms with van der Waals surface area (Å²) < 4.78 is 4.94. The van der Waals surface area contributed by atoms with Gasteiger partial charge in [0.2, 0.25) is 0 Å². The third kappa shape index (κ3) is 8.46. The fraction of sp³-hybridized carbons (Fsp3) is 0.391. The number of aliphatic hydroxyl groups excluding tert-OH is 2. The van der Waals surface area contributed by atoms with Gasteiger partial charge in [-0.1, -0.05) is 68.3 Å². The van der Waals surface area contributed by atoms with Gasteiger partial charge in [-0.3, -0.25) is 4.79 Å². The first-order chi connectivity index (χ1) is 13.4. The smallest absolute Gasteiger partial charge is 0.385 e. The lowest BCUT2D eigenvalue weighted by Gasteiger charge is -2.22. The molecule has 0 aliphatic carbocycles. The fourth-order valence-corrected chi connectivity index (χ4v) is 2.67. The number of rotatable bonds is 8. The second-order valence-corrected chi connectivity index (χ2v) is 6.69. The molecule has 5 heteroatoms. The van der Waals surface area contributed by atoms with Gasteiger partial charge >= 0.3 is 5.97 Å². The minimum absolute atomic E-state index is 0.0509. The van der Waals surface area contributed by atoms with Crippen LogP contribution in [0.3, 0.4) is 0 Å². The van der Waals surface area contributed by atoms with Gasteiger partial charge in [0.25, 0.3) is 5.78 Å². The van der Waals surface area contributed by atoms with E-state index in [1.54, 1.807) is 74.5 Å². The quantitative estimate of drug-likeness (QED) is 0.310. The molecule has 5 nitrogen and oxygen atoms in total. The van der Waals surface area contributed by atoms with E-state index in [9.17, 15) is 19.8 Å². The molecular formula is C23H30O5. The Morgan fingerprint density at radius 3 is 1.86 bits per heavy atom. The maximum absolute atomic E-state index is 11.7. The number of unbranched alkanes of at least 4 members (excludes halogenated alkanes) is 1. The molecule has 2 rings (SSSR count). The number of benzene rings is 2. The Bertz CT molecular complexity index is 687. The Morgan fingerprint density at radius 1 is 0.893 bits per heavy atom. The monoisotopic (exact) mass is 386 g/mol. The Balaban J connectivity index is 0.000000311. The summed E-state index contributed by atoms with van der Waals surface area (Å²) in [6.07, 6.45) is 2.35. The standard InChI is InChI=1S/C14H10O3.C9H20O2/c15-13(11-7-3-1-4-8-11)14(16)17-12-9-5-2-6-10-12;1-4-5-6-9(7(2)10)8(3)11/h1-10H;7-11H,4-6H2,1-3H3. The van der Waals surface area contributed by atoms with Crippen molar-refractivity contribution in [2.24, 2.45) is 5.92 Å². The van der Waals surface area contributed by atoms with E-state index in [1.807, 2.05) is 0 Å². The van der Waals surface area contributed by atoms with Gasteiger partial charge in [0, 0.05) is 11.5 Å². The molecule has 0 heterocycles. The zero-order valence-corrected chi connectivity index (χ0v) is 16.7. The lowest BCUT2D eigenvalue weighted by Crippen LogP contribution is -2.27. The van der Waals surface area contributed by atoms with Crippen molar-refractivity contribution >= 4 is 11.8 Å². The molecule has 0 spiro atoms. The molecule has 2 aromatic carbocycles. The number of Topliss-reactive ketones (excluding diaryl/α,β-unsaturated/α-hetero) is 1. The molecule has 0 saturated heterocycles. The number of aliphatic hydroxyl groups is 2. The molecule has 0 aliphatic rings. The van der Waals surface area contributed by atoms with Gasteiger partial charge in [-0.05, 0) is 32.4 Å². The highest BCUT2D eigenvalue weighted by Crippen LogP contribution is 2.16. The van der Waals surface area contributed by atoms with Crippen LogP contribution in [0.2, 0.25) is 0 Å². The van der Waals surface area contributed by atoms with E-state index < -0.39 is 11.8 Å². The highest BCUT2D eigenvalue weighted by Gasteiger charge is 2.19. The number of ketones is 1. The molecule has 0 amide bonds. The van der Waals surface area contributed by atoms with Crippen molar-refractivity contribution < 1.29 is 24.5 Å². The van der Waals surface area contributed by atoms with Crippen LogP contribution in [0.5, 0.6) is 5.75 Å². The van der Waals surface area contributed by atoms with E-state index in [4.69, 9.17) is 4.74 Å². The van der Waals surface area contributed by atoms with Crippen LogP contribution in [0.15, 0.2) is 60.7 Å². The van der Waals surface area contributed by atoms with Crippen molar-refractivity contribution in [3.05, 3.63) is 66.2 Å². The van der Waals surface area contributed by atoms with Gasteiger partial charge in [-0.2, -0.15) is 0 Å². The first-order valence-electron chi connectivity index (χ1n) is 9.59. The summed E-state index contributed by atoms with van der Waals surface area (Å²) in [6.45, 7) is 5.60. The zero-order chi connectivity index (χ0) is 20.9. The lowest BCUT2D eigenvalue weighted by atomic mass is 9.92. The Labute approximate surface area is 167 Å². The second kappa shape index (κ2) is 12.8. The maximum Gasteiger partial charge on any atom is 0.385 e. The number of para-hydroxylation sites is 1. The van der Waals surface area contributed by atoms with Crippen LogP contribution in [0, 0.1) is 5.92 Å². The van der Waals surface area contributed by atoms with Gasteiger partial charge in [-0.15, -0.1) is 0 Å². The zero-order valence-electron chi connectivity index (χ0n) is 16.7. The Morgan fingerprint density at radius 2 is 1.39 bits per heavy atom. The van der Waals surface area contributed by atoms with Crippen LogP contribution in [-0.4, -0.2) is 34.2 Å². The first-order valence-corrected chi connectivity index (χ1v) is 9.59. The molecule has 2 N–H and O–H groups in total. The average molecular weight is 386 g/mol. The summed E-state index contributed by atoms with van der Waals surface area (Å²) in [5.74, 6) is -1.10. The van der Waals surface area contributed by atoms with Gasteiger partial charge in [0.05, 0.1) is 12.2 Å². The number of hydrogen-bond donors (Lipinski definition) is 2. The molecule has 0 aromatic heterocycles. The van der Waals surface area contributed by atoms with Crippen LogP contribution in [0.25, 0.3) is 0 Å². The SMILES string of the molecule is CCCCC(C(C)O)C(C)O.O=C(Oc1ccccc1)C(=O)c1ccccc1. The van der Waals surface area contributed by atoms with E-state index in [2.05, 4.69) is 6.92 Å². The molecule has 0 saturated carbocycles. The Hall–Kier alpha value is -2.50. The first kappa shape index (κ1) is 23.5. The van der Waals surface area contributed by atoms with Crippen LogP contribution in [-0.2, 0) is 4.79 Å². The van der Waals surface area contributed by atoms with Crippen molar-refractivity contribution in [2.75, 3.05) is 0 Å². The van der Waals surface area contributed by atoms with Gasteiger partial charge < -0.3 is 14.9 Å². The second-order valence-electron chi connectivity index (χ2n) is 6.69. The predicted octanol–water partition coefficient (Wildman–Crippen LogP) is 4.03. The van der Waals surface area contributed by atoms with E-state index >= 15 is 0 Å². The van der Waals surface area contributed by atoms with Crippen molar-refractivity contribution in [1.82, 2.24) is 0 Å². The van der Waals surface area contributed by atoms with Crippen LogP contribution >= 0.6 is 0 Å². The van der Waals surface area contributed by atoms with Crippen molar-refractivity contribution in [1.29, 1.82) is 0 Å². The number of esters is 1. The minimum Gasteiger partial charge on any atom is -0.421 e. The molecule has 152 valence electrons. The van der Waals surface area contributed by atoms with Crippen molar-refractivity contribution in [3.63, 3.8) is 0 Å². The van der Waals surface area contributed by atoms with Crippen molar-refractivity contribution in [3.8, 4) is 5.75 Å². The average Bonchev–Trinajstić information content (AvgIpc) is 2.69. The fourth-order valence-electron chi connectivity index (χ4n) is 2.67. The van der Waals surface area contributed by atoms with Crippen LogP contribution < -0.4 is 4.74 Å². The van der Waals surface area contributed by atoms with Crippen LogP contribution in [0.1, 0.15) is 50.4 Å². The predicted molar refractivity (Wildman–Crippen MR) is 109 cm³/mol. The van der Waals surface area contributed by atoms with E-state index in [1.165, 1.54) is 0 Å². The lowest BCUT2D eigenvalue weighted by molar-refractivity contribution is -0.129. The largest absolute Gasteiger partial charge is 0.421 e. The molecule has 2 aromatic rings. The number of carbonyl (C=O) groups is 2. The molecule has 2 unspecified atom stereocenters. The normalized spacial score (nSPS) is 13.5. The number of hydrogen-bond acceptors (Lipinski definition) is 5. The summed E-state index contributed by atoms with van der Waals surface area (Å²) >= 11 is 0. The number of carbonyl (C=O) groups excluding carboxylic acids is 2. The summed E-state index contributed by atoms with van der Waals surface area (Å²) in [5.41, 5.74) is 0.327. The van der Waals surface area contributed by atoms with Crippen LogP contribution in [0.4, 0.5) is 0 Å². The van der Waals surface area contributed by atoms with E-state index in [0.29, 0.717) is 11.3 Å². The molecule has 0 radical (unpaired) electrons. The molecule has 0 fully saturated rings. The maximum atomic E-state index is 11.7. The van der Waals surface area contributed by atoms with Gasteiger partial charge in [0.15, 0.2) is 0 Å². The highest BCUT2D eigenvalue weighted by atomic mass is 16.5. The third-order valence-corrected chi connectivity index (χ3v) is 4.31.